The molecule has 0 aromatic carbocycles. The maximum absolute atomic E-state index is 11.7. The SMILES string of the molecule is COCCn1cc2c(n1)[C@H](CNS(=O)(=O)N(C)C)OCC2. The Hall–Kier alpha value is -1.00. The smallest absolute Gasteiger partial charge is 0.279 e. The van der Waals surface area contributed by atoms with E-state index in [-0.39, 0.29) is 12.6 Å². The molecule has 1 aliphatic rings. The first kappa shape index (κ1) is 16.4. The van der Waals surface area contributed by atoms with Crippen LogP contribution in [0.4, 0.5) is 0 Å². The van der Waals surface area contributed by atoms with Crippen molar-refractivity contribution in [1.82, 2.24) is 18.8 Å². The zero-order valence-corrected chi connectivity index (χ0v) is 13.4. The van der Waals surface area contributed by atoms with E-state index in [1.54, 1.807) is 7.11 Å². The van der Waals surface area contributed by atoms with Gasteiger partial charge in [0, 0.05) is 33.9 Å². The third-order valence-corrected chi connectivity index (χ3v) is 4.81. The van der Waals surface area contributed by atoms with E-state index < -0.39 is 10.2 Å². The van der Waals surface area contributed by atoms with Gasteiger partial charge in [0.2, 0.25) is 0 Å². The van der Waals surface area contributed by atoms with Gasteiger partial charge >= 0.3 is 0 Å². The molecule has 0 radical (unpaired) electrons. The van der Waals surface area contributed by atoms with Crippen molar-refractivity contribution >= 4 is 10.2 Å². The minimum atomic E-state index is -3.46. The monoisotopic (exact) mass is 318 g/mol. The van der Waals surface area contributed by atoms with Crippen molar-refractivity contribution in [2.75, 3.05) is 41.0 Å². The predicted octanol–water partition coefficient (Wildman–Crippen LogP) is -0.461. The molecule has 1 atom stereocenters. The molecule has 1 aliphatic heterocycles. The lowest BCUT2D eigenvalue weighted by atomic mass is 10.1. The van der Waals surface area contributed by atoms with E-state index in [0.29, 0.717) is 19.8 Å². The van der Waals surface area contributed by atoms with Gasteiger partial charge in [-0.25, -0.2) is 0 Å². The molecule has 8 nitrogen and oxygen atoms in total. The number of nitrogens with zero attached hydrogens (tertiary/aromatic N) is 3. The maximum atomic E-state index is 11.7. The van der Waals surface area contributed by atoms with E-state index in [1.807, 2.05) is 10.9 Å². The molecule has 2 heterocycles. The summed E-state index contributed by atoms with van der Waals surface area (Å²) in [6, 6.07) is 0. The van der Waals surface area contributed by atoms with Crippen LogP contribution in [0, 0.1) is 0 Å². The lowest BCUT2D eigenvalue weighted by Crippen LogP contribution is -2.39. The highest BCUT2D eigenvalue weighted by atomic mass is 32.2. The van der Waals surface area contributed by atoms with E-state index in [1.165, 1.54) is 14.1 Å². The van der Waals surface area contributed by atoms with Crippen LogP contribution in [0.15, 0.2) is 6.20 Å². The van der Waals surface area contributed by atoms with Crippen molar-refractivity contribution in [2.24, 2.45) is 0 Å². The molecule has 0 saturated carbocycles. The Bertz CT molecular complexity index is 570. The molecule has 21 heavy (non-hydrogen) atoms. The molecule has 9 heteroatoms. The minimum absolute atomic E-state index is 0.175. The van der Waals surface area contributed by atoms with E-state index in [2.05, 4.69) is 9.82 Å². The van der Waals surface area contributed by atoms with Crippen molar-refractivity contribution < 1.29 is 17.9 Å². The van der Waals surface area contributed by atoms with Crippen LogP contribution < -0.4 is 4.72 Å². The van der Waals surface area contributed by atoms with E-state index in [0.717, 1.165) is 22.0 Å². The molecular formula is C12H22N4O4S. The fourth-order valence-electron chi connectivity index (χ4n) is 2.10. The molecule has 0 bridgehead atoms. The minimum Gasteiger partial charge on any atom is -0.383 e. The van der Waals surface area contributed by atoms with Crippen LogP contribution in [0.25, 0.3) is 0 Å². The number of methoxy groups -OCH3 is 1. The zero-order valence-electron chi connectivity index (χ0n) is 12.6. The van der Waals surface area contributed by atoms with Gasteiger partial charge in [-0.2, -0.15) is 22.5 Å². The Morgan fingerprint density at radius 1 is 1.57 bits per heavy atom. The Labute approximate surface area is 125 Å². The van der Waals surface area contributed by atoms with Crippen LogP contribution in [0.2, 0.25) is 0 Å². The van der Waals surface area contributed by atoms with Crippen LogP contribution in [0.3, 0.4) is 0 Å². The predicted molar refractivity (Wildman–Crippen MR) is 77.1 cm³/mol. The van der Waals surface area contributed by atoms with Crippen LogP contribution >= 0.6 is 0 Å². The second-order valence-corrected chi connectivity index (χ2v) is 7.01. The van der Waals surface area contributed by atoms with Gasteiger partial charge < -0.3 is 9.47 Å². The van der Waals surface area contributed by atoms with Gasteiger partial charge in [-0.1, -0.05) is 0 Å². The van der Waals surface area contributed by atoms with Crippen molar-refractivity contribution in [1.29, 1.82) is 0 Å². The number of hydrogen-bond donors (Lipinski definition) is 1. The average molecular weight is 318 g/mol. The van der Waals surface area contributed by atoms with Gasteiger partial charge in [0.05, 0.1) is 25.5 Å². The summed E-state index contributed by atoms with van der Waals surface area (Å²) in [4.78, 5) is 0. The lowest BCUT2D eigenvalue weighted by Gasteiger charge is -2.23. The summed E-state index contributed by atoms with van der Waals surface area (Å²) in [6.07, 6.45) is 2.41. The standard InChI is InChI=1S/C12H22N4O4S/c1-15(2)21(17,18)13-8-11-12-10(4-6-20-11)9-16(14-12)5-7-19-3/h9,11,13H,4-8H2,1-3H3/t11-/m0/s1. The number of nitrogens with one attached hydrogen (secondary N) is 1. The van der Waals surface area contributed by atoms with Crippen LogP contribution in [0.5, 0.6) is 0 Å². The lowest BCUT2D eigenvalue weighted by molar-refractivity contribution is 0.0427. The number of hydrogen-bond acceptors (Lipinski definition) is 5. The second kappa shape index (κ2) is 6.84. The van der Waals surface area contributed by atoms with E-state index >= 15 is 0 Å². The fraction of sp³-hybridized carbons (Fsp3) is 0.750. The molecule has 0 unspecified atom stereocenters. The molecule has 0 amide bonds. The highest BCUT2D eigenvalue weighted by Gasteiger charge is 2.26. The molecule has 0 fully saturated rings. The van der Waals surface area contributed by atoms with Gasteiger partial charge in [-0.05, 0) is 12.0 Å². The average Bonchev–Trinajstić information content (AvgIpc) is 2.86. The van der Waals surface area contributed by atoms with Crippen molar-refractivity contribution in [3.05, 3.63) is 17.5 Å². The summed E-state index contributed by atoms with van der Waals surface area (Å²) in [7, 11) is 1.15. The Kier molecular flexibility index (Phi) is 5.33. The quantitative estimate of drug-likeness (QED) is 0.735. The Balaban J connectivity index is 2.06. The summed E-state index contributed by atoms with van der Waals surface area (Å²) in [5.41, 5.74) is 1.91. The van der Waals surface area contributed by atoms with Crippen LogP contribution in [-0.4, -0.2) is 63.5 Å². The number of rotatable bonds is 7. The molecule has 1 aromatic heterocycles. The summed E-state index contributed by atoms with van der Waals surface area (Å²) < 4.78 is 39.6. The molecule has 0 aliphatic carbocycles. The zero-order chi connectivity index (χ0) is 15.5. The molecular weight excluding hydrogens is 296 g/mol. The first-order chi connectivity index (χ1) is 9.94. The Morgan fingerprint density at radius 3 is 3.00 bits per heavy atom. The van der Waals surface area contributed by atoms with E-state index in [4.69, 9.17) is 9.47 Å². The highest BCUT2D eigenvalue weighted by Crippen LogP contribution is 2.25. The molecule has 120 valence electrons. The second-order valence-electron chi connectivity index (χ2n) is 5.04. The maximum Gasteiger partial charge on any atom is 0.279 e. The number of fused-ring (bicyclic) bond motifs is 1. The Morgan fingerprint density at radius 2 is 2.33 bits per heavy atom. The number of ether oxygens (including phenoxy) is 2. The first-order valence-electron chi connectivity index (χ1n) is 6.78. The fourth-order valence-corrected chi connectivity index (χ4v) is 2.72. The normalized spacial score (nSPS) is 19.0. The van der Waals surface area contributed by atoms with Crippen LogP contribution in [-0.2, 0) is 32.6 Å². The highest BCUT2D eigenvalue weighted by molar-refractivity contribution is 7.87. The third kappa shape index (κ3) is 4.01. The molecule has 1 aromatic rings. The molecule has 0 spiro atoms. The summed E-state index contributed by atoms with van der Waals surface area (Å²) in [5, 5.41) is 4.48. The van der Waals surface area contributed by atoms with Gasteiger partial charge in [-0.15, -0.1) is 0 Å². The summed E-state index contributed by atoms with van der Waals surface area (Å²) >= 11 is 0. The summed E-state index contributed by atoms with van der Waals surface area (Å²) in [6.45, 7) is 1.99. The molecule has 2 rings (SSSR count). The topological polar surface area (TPSA) is 85.7 Å². The van der Waals surface area contributed by atoms with Crippen molar-refractivity contribution in [2.45, 2.75) is 19.1 Å². The van der Waals surface area contributed by atoms with Crippen molar-refractivity contribution in [3.63, 3.8) is 0 Å². The van der Waals surface area contributed by atoms with Gasteiger partial charge in [0.15, 0.2) is 0 Å². The van der Waals surface area contributed by atoms with Gasteiger partial charge in [-0.3, -0.25) is 4.68 Å². The largest absolute Gasteiger partial charge is 0.383 e. The number of aromatic nitrogens is 2. The van der Waals surface area contributed by atoms with Crippen molar-refractivity contribution in [3.8, 4) is 0 Å². The molecule has 0 saturated heterocycles. The van der Waals surface area contributed by atoms with Crippen LogP contribution in [0.1, 0.15) is 17.4 Å². The third-order valence-electron chi connectivity index (χ3n) is 3.32. The summed E-state index contributed by atoms with van der Waals surface area (Å²) in [5.74, 6) is 0. The van der Waals surface area contributed by atoms with Gasteiger partial charge in [0.25, 0.3) is 10.2 Å². The molecule has 1 N–H and O–H groups in total. The van der Waals surface area contributed by atoms with E-state index in [9.17, 15) is 8.42 Å². The van der Waals surface area contributed by atoms with Gasteiger partial charge in [0.1, 0.15) is 6.10 Å². The first-order valence-corrected chi connectivity index (χ1v) is 8.22.